The molecule has 2 aliphatic heterocycles. The zero-order valence-electron chi connectivity index (χ0n) is 15.5. The molecule has 2 aliphatic rings. The number of ether oxygens (including phenoxy) is 5. The van der Waals surface area contributed by atoms with E-state index in [2.05, 4.69) is 5.32 Å². The van der Waals surface area contributed by atoms with Gasteiger partial charge in [-0.05, 0) is 31.2 Å². The number of nitrogens with one attached hydrogen (secondary N) is 1. The summed E-state index contributed by atoms with van der Waals surface area (Å²) in [6.07, 6.45) is -0.329. The molecule has 29 heavy (non-hydrogen) atoms. The molecule has 1 amide bonds. The van der Waals surface area contributed by atoms with Crippen LogP contribution in [0.5, 0.6) is 23.0 Å². The normalized spacial score (nSPS) is 15.2. The van der Waals surface area contributed by atoms with E-state index in [1.807, 2.05) is 0 Å². The van der Waals surface area contributed by atoms with E-state index in [0.29, 0.717) is 48.3 Å². The minimum atomic E-state index is -1.04. The third-order valence-corrected chi connectivity index (χ3v) is 4.61. The van der Waals surface area contributed by atoms with Crippen molar-refractivity contribution in [3.63, 3.8) is 0 Å². The molecule has 0 bridgehead atoms. The maximum absolute atomic E-state index is 12.5. The molecule has 4 rings (SSSR count). The van der Waals surface area contributed by atoms with Crippen molar-refractivity contribution in [3.05, 3.63) is 40.9 Å². The van der Waals surface area contributed by atoms with Crippen LogP contribution in [0.15, 0.2) is 30.3 Å². The van der Waals surface area contributed by atoms with Crippen LogP contribution in [0.25, 0.3) is 0 Å². The molecule has 0 radical (unpaired) electrons. The molecule has 1 atom stereocenters. The third-order valence-electron chi connectivity index (χ3n) is 4.33. The topological polar surface area (TPSA) is 92.3 Å². The minimum Gasteiger partial charge on any atom is -0.489 e. The lowest BCUT2D eigenvalue weighted by Gasteiger charge is -2.15. The Hall–Kier alpha value is -3.13. The summed E-state index contributed by atoms with van der Waals surface area (Å²) in [6.45, 7) is 2.55. The van der Waals surface area contributed by atoms with Gasteiger partial charge in [0.25, 0.3) is 5.91 Å². The van der Waals surface area contributed by atoms with Gasteiger partial charge in [-0.1, -0.05) is 11.6 Å². The van der Waals surface area contributed by atoms with Gasteiger partial charge < -0.3 is 29.0 Å². The average Bonchev–Trinajstić information content (AvgIpc) is 3.03. The quantitative estimate of drug-likeness (QED) is 0.759. The summed E-state index contributed by atoms with van der Waals surface area (Å²) in [5.74, 6) is 0.727. The van der Waals surface area contributed by atoms with E-state index >= 15 is 0 Å². The lowest BCUT2D eigenvalue weighted by atomic mass is 10.2. The van der Waals surface area contributed by atoms with Crippen LogP contribution < -0.4 is 24.3 Å². The molecule has 1 N–H and O–H groups in total. The first-order valence-electron chi connectivity index (χ1n) is 9.02. The summed E-state index contributed by atoms with van der Waals surface area (Å²) in [7, 11) is 0. The van der Waals surface area contributed by atoms with Crippen LogP contribution in [0.1, 0.15) is 23.7 Å². The summed E-state index contributed by atoms with van der Waals surface area (Å²) in [4.78, 5) is 24.9. The molecule has 8 nitrogen and oxygen atoms in total. The van der Waals surface area contributed by atoms with E-state index < -0.39 is 18.0 Å². The van der Waals surface area contributed by atoms with Gasteiger partial charge in [0, 0.05) is 18.2 Å². The Morgan fingerprint density at radius 1 is 1.03 bits per heavy atom. The molecule has 0 fully saturated rings. The highest BCUT2D eigenvalue weighted by Crippen LogP contribution is 2.38. The molecule has 2 heterocycles. The molecule has 2 aromatic rings. The second kappa shape index (κ2) is 8.08. The molecule has 0 spiro atoms. The van der Waals surface area contributed by atoms with Crippen LogP contribution in [0.2, 0.25) is 5.02 Å². The molecule has 0 unspecified atom stereocenters. The number of fused-ring (bicyclic) bond motifs is 2. The molecular weight excluding hydrogens is 402 g/mol. The van der Waals surface area contributed by atoms with Gasteiger partial charge in [0.1, 0.15) is 0 Å². The molecule has 0 saturated carbocycles. The van der Waals surface area contributed by atoms with Crippen molar-refractivity contribution in [1.82, 2.24) is 0 Å². The van der Waals surface area contributed by atoms with E-state index in [1.165, 1.54) is 19.1 Å². The van der Waals surface area contributed by atoms with Crippen molar-refractivity contribution in [2.75, 3.05) is 25.3 Å². The lowest BCUT2D eigenvalue weighted by molar-refractivity contribution is -0.123. The predicted octanol–water partition coefficient (Wildman–Crippen LogP) is 3.41. The van der Waals surface area contributed by atoms with Crippen LogP contribution in [-0.4, -0.2) is 38.0 Å². The first-order valence-corrected chi connectivity index (χ1v) is 9.39. The van der Waals surface area contributed by atoms with Gasteiger partial charge in [-0.3, -0.25) is 4.79 Å². The fraction of sp³-hybridized carbons (Fsp3) is 0.300. The number of esters is 1. The first-order chi connectivity index (χ1) is 14.0. The van der Waals surface area contributed by atoms with Crippen molar-refractivity contribution in [1.29, 1.82) is 0 Å². The third kappa shape index (κ3) is 4.17. The molecule has 2 aromatic carbocycles. The Balaban J connectivity index is 1.42. The standard InChI is InChI=1S/C20H18ClNO7/c1-11(19(23)22-13-3-4-15-16(9-13)28-10-27-15)29-20(24)12-7-14(21)18-17(8-12)25-5-2-6-26-18/h3-4,7-9,11H,2,5-6,10H2,1H3,(H,22,23)/t11-/m1/s1. The van der Waals surface area contributed by atoms with Crippen LogP contribution in [0.4, 0.5) is 5.69 Å². The molecule has 0 saturated heterocycles. The summed E-state index contributed by atoms with van der Waals surface area (Å²) in [5.41, 5.74) is 0.669. The Labute approximate surface area is 171 Å². The van der Waals surface area contributed by atoms with Gasteiger partial charge in [0.2, 0.25) is 6.79 Å². The summed E-state index contributed by atoms with van der Waals surface area (Å²) < 4.78 is 26.9. The maximum atomic E-state index is 12.5. The van der Waals surface area contributed by atoms with Crippen molar-refractivity contribution in [3.8, 4) is 23.0 Å². The van der Waals surface area contributed by atoms with E-state index in [0.717, 1.165) is 0 Å². The number of carbonyl (C=O) groups is 2. The number of hydrogen-bond donors (Lipinski definition) is 1. The van der Waals surface area contributed by atoms with Gasteiger partial charge in [-0.25, -0.2) is 4.79 Å². The highest BCUT2D eigenvalue weighted by atomic mass is 35.5. The van der Waals surface area contributed by atoms with Crippen LogP contribution in [0.3, 0.4) is 0 Å². The Morgan fingerprint density at radius 2 is 1.83 bits per heavy atom. The molecule has 152 valence electrons. The molecule has 9 heteroatoms. The Kier molecular flexibility index (Phi) is 5.35. The molecule has 0 aromatic heterocycles. The second-order valence-electron chi connectivity index (χ2n) is 6.44. The zero-order valence-corrected chi connectivity index (χ0v) is 16.3. The van der Waals surface area contributed by atoms with E-state index in [-0.39, 0.29) is 17.4 Å². The number of halogens is 1. The predicted molar refractivity (Wildman–Crippen MR) is 103 cm³/mol. The molecular formula is C20H18ClNO7. The van der Waals surface area contributed by atoms with Crippen LogP contribution >= 0.6 is 11.6 Å². The van der Waals surface area contributed by atoms with Crippen molar-refractivity contribution < 1.29 is 33.3 Å². The number of benzene rings is 2. The Bertz CT molecular complexity index is 962. The second-order valence-corrected chi connectivity index (χ2v) is 6.85. The van der Waals surface area contributed by atoms with Crippen LogP contribution in [-0.2, 0) is 9.53 Å². The number of rotatable bonds is 4. The van der Waals surface area contributed by atoms with Gasteiger partial charge in [-0.2, -0.15) is 0 Å². The number of carbonyl (C=O) groups excluding carboxylic acids is 2. The summed E-state index contributed by atoms with van der Waals surface area (Å²) in [6, 6.07) is 7.92. The Morgan fingerprint density at radius 3 is 2.69 bits per heavy atom. The summed E-state index contributed by atoms with van der Waals surface area (Å²) >= 11 is 6.20. The zero-order chi connectivity index (χ0) is 20.4. The maximum Gasteiger partial charge on any atom is 0.339 e. The monoisotopic (exact) mass is 419 g/mol. The average molecular weight is 420 g/mol. The SMILES string of the molecule is C[C@@H](OC(=O)c1cc(Cl)c2c(c1)OCCCO2)C(=O)Nc1ccc2c(c1)OCO2. The van der Waals surface area contributed by atoms with Crippen molar-refractivity contribution >= 4 is 29.2 Å². The van der Waals surface area contributed by atoms with Gasteiger partial charge in [0.05, 0.1) is 23.8 Å². The molecule has 0 aliphatic carbocycles. The fourth-order valence-corrected chi connectivity index (χ4v) is 3.11. The van der Waals surface area contributed by atoms with Crippen LogP contribution in [0, 0.1) is 0 Å². The highest BCUT2D eigenvalue weighted by molar-refractivity contribution is 6.32. The van der Waals surface area contributed by atoms with E-state index in [1.54, 1.807) is 18.2 Å². The smallest absolute Gasteiger partial charge is 0.339 e. The van der Waals surface area contributed by atoms with E-state index in [4.69, 9.17) is 35.3 Å². The lowest BCUT2D eigenvalue weighted by Crippen LogP contribution is -2.30. The highest BCUT2D eigenvalue weighted by Gasteiger charge is 2.23. The number of anilines is 1. The summed E-state index contributed by atoms with van der Waals surface area (Å²) in [5, 5.41) is 2.92. The number of amides is 1. The van der Waals surface area contributed by atoms with Gasteiger partial charge >= 0.3 is 5.97 Å². The van der Waals surface area contributed by atoms with E-state index in [9.17, 15) is 9.59 Å². The minimum absolute atomic E-state index is 0.138. The van der Waals surface area contributed by atoms with Crippen molar-refractivity contribution in [2.45, 2.75) is 19.4 Å². The van der Waals surface area contributed by atoms with Gasteiger partial charge in [-0.15, -0.1) is 0 Å². The van der Waals surface area contributed by atoms with Gasteiger partial charge in [0.15, 0.2) is 29.1 Å². The fourth-order valence-electron chi connectivity index (χ4n) is 2.85. The number of hydrogen-bond acceptors (Lipinski definition) is 7. The first kappa shape index (κ1) is 19.2. The van der Waals surface area contributed by atoms with Crippen molar-refractivity contribution in [2.24, 2.45) is 0 Å². The largest absolute Gasteiger partial charge is 0.489 e.